The van der Waals surface area contributed by atoms with Gasteiger partial charge in [0.25, 0.3) is 17.5 Å². The van der Waals surface area contributed by atoms with Gasteiger partial charge in [0, 0.05) is 18.6 Å². The molecule has 2 rings (SSSR count). The molecule has 2 amide bonds. The van der Waals surface area contributed by atoms with Crippen molar-refractivity contribution in [1.29, 1.82) is 0 Å². The van der Waals surface area contributed by atoms with Gasteiger partial charge in [-0.15, -0.1) is 0 Å². The number of carbonyl (C=O) groups excluding carboxylic acids is 3. The molecular weight excluding hydrogens is 299 g/mol. The topological polar surface area (TPSA) is 121 Å². The van der Waals surface area contributed by atoms with Crippen LogP contribution in [0.4, 0.5) is 5.69 Å². The summed E-state index contributed by atoms with van der Waals surface area (Å²) in [5.74, 6) is -2.37. The second-order valence-corrected chi connectivity index (χ2v) is 4.90. The average Bonchev–Trinajstić information content (AvgIpc) is 2.71. The number of fused-ring (bicyclic) bond motifs is 1. The Labute approximate surface area is 143 Å². The molecule has 0 saturated carbocycles. The molecule has 1 heterocycles. The minimum absolute atomic E-state index is 0. The van der Waals surface area contributed by atoms with Gasteiger partial charge in [-0.1, -0.05) is 12.5 Å². The number of nitro groups is 1. The number of nitrogens with zero attached hydrogens (tertiary/aromatic N) is 2. The molecule has 0 fully saturated rings. The summed E-state index contributed by atoms with van der Waals surface area (Å²) in [5, 5.41) is 21.2. The fourth-order valence-electron chi connectivity index (χ4n) is 2.39. The molecule has 0 saturated heterocycles. The molecule has 0 spiro atoms. The Kier molecular flexibility index (Phi) is 6.48. The standard InChI is InChI=1S/C14H14N2O6.Li/c17-11(18)7-2-1-3-8-15-13(19)9-5-4-6-10(16(21)22)12(9)14(15)20;/h4-6H,1-3,7-8H2,(H,17,18);/q;+1/p-1. The van der Waals surface area contributed by atoms with E-state index in [1.165, 1.54) is 18.2 Å². The van der Waals surface area contributed by atoms with Crippen LogP contribution in [0.5, 0.6) is 0 Å². The van der Waals surface area contributed by atoms with Gasteiger partial charge in [-0.3, -0.25) is 24.6 Å². The van der Waals surface area contributed by atoms with Crippen LogP contribution in [0.2, 0.25) is 0 Å². The first-order valence-electron chi connectivity index (χ1n) is 6.77. The van der Waals surface area contributed by atoms with Crippen molar-refractivity contribution in [3.63, 3.8) is 0 Å². The maximum Gasteiger partial charge on any atom is 1.00 e. The zero-order valence-corrected chi connectivity index (χ0v) is 12.6. The first-order valence-corrected chi connectivity index (χ1v) is 6.77. The van der Waals surface area contributed by atoms with Gasteiger partial charge in [0.1, 0.15) is 5.56 Å². The van der Waals surface area contributed by atoms with Crippen molar-refractivity contribution in [2.75, 3.05) is 6.54 Å². The smallest absolute Gasteiger partial charge is 0.550 e. The SMILES string of the molecule is O=C([O-])CCCCCN1C(=O)c2cccc([N+](=O)[O-])c2C1=O.[Li+]. The number of amides is 2. The summed E-state index contributed by atoms with van der Waals surface area (Å²) in [7, 11) is 0. The maximum absolute atomic E-state index is 12.2. The molecule has 1 aliphatic heterocycles. The van der Waals surface area contributed by atoms with Crippen molar-refractivity contribution in [3.8, 4) is 0 Å². The number of unbranched alkanes of at least 4 members (excludes halogenated alkanes) is 2. The summed E-state index contributed by atoms with van der Waals surface area (Å²) in [4.78, 5) is 45.8. The van der Waals surface area contributed by atoms with Crippen molar-refractivity contribution in [3.05, 3.63) is 39.4 Å². The molecular formula is C14H13LiN2O6. The molecule has 0 unspecified atom stereocenters. The molecule has 0 bridgehead atoms. The predicted molar refractivity (Wildman–Crippen MR) is 71.9 cm³/mol. The van der Waals surface area contributed by atoms with E-state index < -0.39 is 22.7 Å². The Hall–Kier alpha value is -2.17. The first kappa shape index (κ1) is 18.9. The Balaban J connectivity index is 0.00000264. The quantitative estimate of drug-likeness (QED) is 0.180. The molecule has 0 N–H and O–H groups in total. The van der Waals surface area contributed by atoms with Crippen molar-refractivity contribution in [2.45, 2.75) is 25.7 Å². The first-order chi connectivity index (χ1) is 10.4. The van der Waals surface area contributed by atoms with E-state index in [9.17, 15) is 29.6 Å². The van der Waals surface area contributed by atoms with Crippen molar-refractivity contribution in [2.24, 2.45) is 0 Å². The van der Waals surface area contributed by atoms with E-state index in [4.69, 9.17) is 0 Å². The van der Waals surface area contributed by atoms with Crippen LogP contribution in [0.1, 0.15) is 46.4 Å². The molecule has 8 nitrogen and oxygen atoms in total. The van der Waals surface area contributed by atoms with Gasteiger partial charge < -0.3 is 9.90 Å². The van der Waals surface area contributed by atoms with Crippen molar-refractivity contribution >= 4 is 23.5 Å². The third-order valence-corrected chi connectivity index (χ3v) is 3.44. The fraction of sp³-hybridized carbons (Fsp3) is 0.357. The normalized spacial score (nSPS) is 12.8. The van der Waals surface area contributed by atoms with E-state index in [0.29, 0.717) is 19.3 Å². The molecule has 0 aliphatic carbocycles. The molecule has 1 aromatic carbocycles. The molecule has 9 heteroatoms. The number of hydrogen-bond donors (Lipinski definition) is 0. The Bertz CT molecular complexity index is 661. The average molecular weight is 312 g/mol. The van der Waals surface area contributed by atoms with E-state index >= 15 is 0 Å². The second-order valence-electron chi connectivity index (χ2n) is 4.90. The molecule has 1 aliphatic rings. The van der Waals surface area contributed by atoms with Gasteiger partial charge in [0.15, 0.2) is 0 Å². The summed E-state index contributed by atoms with van der Waals surface area (Å²) in [6.45, 7) is 0.108. The third kappa shape index (κ3) is 3.97. The zero-order valence-electron chi connectivity index (χ0n) is 12.6. The monoisotopic (exact) mass is 312 g/mol. The summed E-state index contributed by atoms with van der Waals surface area (Å²) in [5.41, 5.74) is -0.517. The minimum Gasteiger partial charge on any atom is -0.550 e. The number of nitro benzene ring substituents is 1. The Morgan fingerprint density at radius 3 is 2.43 bits per heavy atom. The number of hydrogen-bond acceptors (Lipinski definition) is 6. The number of aliphatic carboxylic acids is 1. The number of carbonyl (C=O) groups is 3. The van der Waals surface area contributed by atoms with E-state index in [1.807, 2.05) is 0 Å². The fourth-order valence-corrected chi connectivity index (χ4v) is 2.39. The van der Waals surface area contributed by atoms with E-state index in [-0.39, 0.29) is 48.6 Å². The van der Waals surface area contributed by atoms with Crippen LogP contribution < -0.4 is 24.0 Å². The molecule has 0 atom stereocenters. The van der Waals surface area contributed by atoms with Crippen LogP contribution >= 0.6 is 0 Å². The minimum atomic E-state index is -1.14. The van der Waals surface area contributed by atoms with Crippen molar-refractivity contribution in [1.82, 2.24) is 4.90 Å². The van der Waals surface area contributed by atoms with Crippen LogP contribution in [-0.2, 0) is 4.79 Å². The maximum atomic E-state index is 12.2. The summed E-state index contributed by atoms with van der Waals surface area (Å²) >= 11 is 0. The molecule has 0 aromatic heterocycles. The number of carboxylic acid groups (broad SMARTS) is 1. The Morgan fingerprint density at radius 1 is 1.13 bits per heavy atom. The van der Waals surface area contributed by atoms with Crippen molar-refractivity contribution < 1.29 is 43.3 Å². The number of rotatable bonds is 7. The number of carboxylic acids is 1. The molecule has 1 aromatic rings. The predicted octanol–water partition coefficient (Wildman–Crippen LogP) is -2.49. The van der Waals surface area contributed by atoms with Gasteiger partial charge in [-0.05, 0) is 25.3 Å². The van der Waals surface area contributed by atoms with Crippen LogP contribution in [0.15, 0.2) is 18.2 Å². The van der Waals surface area contributed by atoms with Gasteiger partial charge in [-0.25, -0.2) is 0 Å². The van der Waals surface area contributed by atoms with Crippen LogP contribution in [-0.4, -0.2) is 34.2 Å². The second kappa shape index (κ2) is 7.90. The summed E-state index contributed by atoms with van der Waals surface area (Å²) < 4.78 is 0. The molecule has 23 heavy (non-hydrogen) atoms. The van der Waals surface area contributed by atoms with Gasteiger partial charge in [0.2, 0.25) is 0 Å². The van der Waals surface area contributed by atoms with Gasteiger partial charge in [-0.2, -0.15) is 0 Å². The molecule has 116 valence electrons. The summed E-state index contributed by atoms with van der Waals surface area (Å²) in [6, 6.07) is 3.94. The Morgan fingerprint density at radius 2 is 1.83 bits per heavy atom. The third-order valence-electron chi connectivity index (χ3n) is 3.44. The van der Waals surface area contributed by atoms with E-state index in [0.717, 1.165) is 4.90 Å². The zero-order chi connectivity index (χ0) is 16.3. The van der Waals surface area contributed by atoms with Crippen LogP contribution in [0, 0.1) is 10.1 Å². The van der Waals surface area contributed by atoms with Crippen LogP contribution in [0.3, 0.4) is 0 Å². The number of imide groups is 1. The summed E-state index contributed by atoms with van der Waals surface area (Å²) in [6.07, 6.45) is 1.27. The number of benzene rings is 1. The van der Waals surface area contributed by atoms with Gasteiger partial charge >= 0.3 is 18.9 Å². The largest absolute Gasteiger partial charge is 1.00 e. The van der Waals surface area contributed by atoms with Crippen LogP contribution in [0.25, 0.3) is 0 Å². The van der Waals surface area contributed by atoms with Gasteiger partial charge in [0.05, 0.1) is 10.5 Å². The van der Waals surface area contributed by atoms with E-state index in [2.05, 4.69) is 0 Å². The molecule has 0 radical (unpaired) electrons. The van der Waals surface area contributed by atoms with E-state index in [1.54, 1.807) is 0 Å².